The fourth-order valence-electron chi connectivity index (χ4n) is 4.82. The molecule has 23 heavy (non-hydrogen) atoms. The van der Waals surface area contributed by atoms with Crippen molar-refractivity contribution in [3.8, 4) is 0 Å². The summed E-state index contributed by atoms with van der Waals surface area (Å²) in [7, 11) is 0. The van der Waals surface area contributed by atoms with E-state index in [-0.39, 0.29) is 20.2 Å². The van der Waals surface area contributed by atoms with Crippen molar-refractivity contribution < 1.29 is 17.1 Å². The zero-order valence-corrected chi connectivity index (χ0v) is 15.5. The molecule has 1 nitrogen and oxygen atoms in total. The highest BCUT2D eigenvalue weighted by Gasteiger charge is 2.37. The van der Waals surface area contributed by atoms with Crippen LogP contribution in [0.3, 0.4) is 0 Å². The lowest BCUT2D eigenvalue weighted by Gasteiger charge is -2.39. The third kappa shape index (κ3) is 5.41. The predicted octanol–water partition coefficient (Wildman–Crippen LogP) is 6.25. The molecule has 0 aromatic heterocycles. The van der Waals surface area contributed by atoms with Gasteiger partial charge in [0.25, 0.3) is 0 Å². The van der Waals surface area contributed by atoms with Crippen molar-refractivity contribution in [3.63, 3.8) is 0 Å². The van der Waals surface area contributed by atoms with Gasteiger partial charge >= 0.3 is 0 Å². The lowest BCUT2D eigenvalue weighted by molar-refractivity contribution is 0.0384. The molecule has 2 aliphatic carbocycles. The molecule has 3 heteroatoms. The van der Waals surface area contributed by atoms with Gasteiger partial charge in [-0.05, 0) is 74.0 Å². The molecular formula is C20H42F2O. The van der Waals surface area contributed by atoms with Gasteiger partial charge in [-0.1, -0.05) is 40.5 Å². The van der Waals surface area contributed by atoms with E-state index in [4.69, 9.17) is 0 Å². The normalized spacial score (nSPS) is 36.1. The summed E-state index contributed by atoms with van der Waals surface area (Å²) in [5.74, 6) is 2.75. The summed E-state index contributed by atoms with van der Waals surface area (Å²) in [6.07, 6.45) is 7.74. The van der Waals surface area contributed by atoms with Crippen LogP contribution in [0.5, 0.6) is 0 Å². The van der Waals surface area contributed by atoms with E-state index in [0.717, 1.165) is 30.6 Å². The fraction of sp³-hybridized carbons (Fsp3) is 1.00. The van der Waals surface area contributed by atoms with Gasteiger partial charge in [0.15, 0.2) is 0 Å². The molecule has 2 N–H and O–H groups in total. The Morgan fingerprint density at radius 2 is 1.17 bits per heavy atom. The quantitative estimate of drug-likeness (QED) is 0.568. The Hall–Kier alpha value is -0.180. The van der Waals surface area contributed by atoms with Crippen molar-refractivity contribution in [2.45, 2.75) is 91.4 Å². The maximum Gasteiger partial charge on any atom is 0.134 e. The Kier molecular flexibility index (Phi) is 8.47. The second-order valence-electron chi connectivity index (χ2n) is 8.69. The zero-order valence-electron chi connectivity index (χ0n) is 15.5. The molecule has 2 fully saturated rings. The van der Waals surface area contributed by atoms with Crippen molar-refractivity contribution in [1.29, 1.82) is 0 Å². The molecule has 0 aromatic rings. The Bertz CT molecular complexity index is 328. The van der Waals surface area contributed by atoms with Gasteiger partial charge in [0.05, 0.1) is 0 Å². The van der Waals surface area contributed by atoms with E-state index in [0.29, 0.717) is 5.92 Å². The van der Waals surface area contributed by atoms with Gasteiger partial charge in [-0.3, -0.25) is 0 Å². The Labute approximate surface area is 144 Å². The summed E-state index contributed by atoms with van der Waals surface area (Å²) in [4.78, 5) is 0. The van der Waals surface area contributed by atoms with Gasteiger partial charge < -0.3 is 5.48 Å². The molecule has 0 spiro atoms. The van der Waals surface area contributed by atoms with E-state index in [1.165, 1.54) is 38.5 Å². The van der Waals surface area contributed by atoms with Crippen LogP contribution in [-0.2, 0) is 0 Å². The largest absolute Gasteiger partial charge is 0.412 e. The van der Waals surface area contributed by atoms with Crippen molar-refractivity contribution in [3.05, 3.63) is 0 Å². The molecular weight excluding hydrogens is 294 g/mol. The minimum atomic E-state index is -1.30. The Balaban J connectivity index is 0. The zero-order chi connectivity index (χ0) is 16.3. The summed E-state index contributed by atoms with van der Waals surface area (Å²) in [5.41, 5.74) is 0. The van der Waals surface area contributed by atoms with Crippen molar-refractivity contribution >= 4 is 0 Å². The molecule has 142 valence electrons. The number of hydrogen-bond donors (Lipinski definition) is 0. The van der Waals surface area contributed by atoms with Gasteiger partial charge in [0.1, 0.15) is 12.3 Å². The van der Waals surface area contributed by atoms with Gasteiger partial charge in [-0.15, -0.1) is 0 Å². The molecule has 0 aliphatic heterocycles. The third-order valence-electron chi connectivity index (χ3n) is 6.73. The highest BCUT2D eigenvalue weighted by molar-refractivity contribution is 4.86. The van der Waals surface area contributed by atoms with Crippen molar-refractivity contribution in [2.24, 2.45) is 35.5 Å². The number of rotatable bonds is 5. The molecule has 2 saturated carbocycles. The highest BCUT2D eigenvalue weighted by atomic mass is 19.2. The number of alkyl halides is 2. The van der Waals surface area contributed by atoms with Crippen LogP contribution < -0.4 is 0 Å². The van der Waals surface area contributed by atoms with E-state index in [1.807, 2.05) is 6.92 Å². The van der Waals surface area contributed by atoms with Crippen LogP contribution in [0.25, 0.3) is 0 Å². The van der Waals surface area contributed by atoms with Crippen LogP contribution >= 0.6 is 0 Å². The lowest BCUT2D eigenvalue weighted by Crippen LogP contribution is -2.35. The van der Waals surface area contributed by atoms with Crippen LogP contribution in [0.2, 0.25) is 0 Å². The average molecular weight is 337 g/mol. The van der Waals surface area contributed by atoms with Gasteiger partial charge in [0.2, 0.25) is 0 Å². The molecule has 0 heterocycles. The van der Waals surface area contributed by atoms with Gasteiger partial charge in [0, 0.05) is 2.85 Å². The van der Waals surface area contributed by atoms with E-state index in [1.54, 1.807) is 13.8 Å². The molecule has 0 saturated heterocycles. The first-order valence-corrected chi connectivity index (χ1v) is 9.68. The fourth-order valence-corrected chi connectivity index (χ4v) is 4.82. The van der Waals surface area contributed by atoms with E-state index < -0.39 is 12.3 Å². The first-order chi connectivity index (χ1) is 10.4. The van der Waals surface area contributed by atoms with Gasteiger partial charge in [-0.2, -0.15) is 0 Å². The number of halogens is 2. The van der Waals surface area contributed by atoms with E-state index in [9.17, 15) is 8.78 Å². The average Bonchev–Trinajstić information content (AvgIpc) is 2.53. The lowest BCUT2D eigenvalue weighted by atomic mass is 9.67. The van der Waals surface area contributed by atoms with Crippen LogP contribution in [-0.4, -0.2) is 17.8 Å². The predicted molar refractivity (Wildman–Crippen MR) is 98.2 cm³/mol. The van der Waals surface area contributed by atoms with Crippen LogP contribution in [0, 0.1) is 35.5 Å². The first kappa shape index (κ1) is 20.9. The van der Waals surface area contributed by atoms with E-state index in [2.05, 4.69) is 6.92 Å². The van der Waals surface area contributed by atoms with E-state index >= 15 is 0 Å². The second kappa shape index (κ2) is 9.34. The van der Waals surface area contributed by atoms with Gasteiger partial charge in [-0.25, -0.2) is 8.78 Å². The molecule has 0 amide bonds. The monoisotopic (exact) mass is 336 g/mol. The van der Waals surface area contributed by atoms with Crippen LogP contribution in [0.1, 0.15) is 81.9 Å². The van der Waals surface area contributed by atoms with Crippen LogP contribution in [0.15, 0.2) is 0 Å². The summed E-state index contributed by atoms with van der Waals surface area (Å²) in [6, 6.07) is 0. The second-order valence-corrected chi connectivity index (χ2v) is 8.69. The SMILES string of the molecule is CC1CCC(C2CCC(C(C)C(F)C(F)C(C)C)CC2)CC1.O.[HH].[HH]. The Morgan fingerprint density at radius 3 is 1.61 bits per heavy atom. The molecule has 2 aliphatic rings. The molecule has 0 aromatic carbocycles. The smallest absolute Gasteiger partial charge is 0.134 e. The summed E-state index contributed by atoms with van der Waals surface area (Å²) in [5, 5.41) is 0. The van der Waals surface area contributed by atoms with Crippen molar-refractivity contribution in [1.82, 2.24) is 0 Å². The summed E-state index contributed by atoms with van der Waals surface area (Å²) >= 11 is 0. The minimum Gasteiger partial charge on any atom is -0.412 e. The minimum absolute atomic E-state index is 0. The summed E-state index contributed by atoms with van der Waals surface area (Å²) in [6.45, 7) is 7.88. The first-order valence-electron chi connectivity index (χ1n) is 9.68. The Morgan fingerprint density at radius 1 is 0.739 bits per heavy atom. The molecule has 2 rings (SSSR count). The topological polar surface area (TPSA) is 31.5 Å². The highest BCUT2D eigenvalue weighted by Crippen LogP contribution is 2.44. The molecule has 0 radical (unpaired) electrons. The van der Waals surface area contributed by atoms with Crippen LogP contribution in [0.4, 0.5) is 8.78 Å². The molecule has 3 atom stereocenters. The summed E-state index contributed by atoms with van der Waals surface area (Å²) < 4.78 is 28.3. The third-order valence-corrected chi connectivity index (χ3v) is 6.73. The molecule has 0 bridgehead atoms. The maximum absolute atomic E-state index is 14.3. The van der Waals surface area contributed by atoms with Crippen molar-refractivity contribution in [2.75, 3.05) is 0 Å². The molecule has 3 unspecified atom stereocenters. The number of hydrogen-bond acceptors (Lipinski definition) is 0. The standard InChI is InChI=1S/C20H36F2.H2O.2H2/c1-13(2)19(21)20(22)15(4)16-9-11-18(12-10-16)17-7-5-14(3)6-8-17;;;/h13-20H,5-12H2,1-4H3;1H2;2*1H. The maximum atomic E-state index is 14.3.